The van der Waals surface area contributed by atoms with Crippen molar-refractivity contribution >= 4 is 39.8 Å². The zero-order chi connectivity index (χ0) is 46.6. The lowest BCUT2D eigenvalue weighted by molar-refractivity contribution is -0.595. The number of pyridine rings is 1. The molecule has 0 aliphatic carbocycles. The number of amides is 1. The summed E-state index contributed by atoms with van der Waals surface area (Å²) in [5.41, 5.74) is 0.909. The second-order valence-electron chi connectivity index (χ2n) is 18.3. The van der Waals surface area contributed by atoms with Gasteiger partial charge in [0.2, 0.25) is 0 Å². The number of hydrogen-bond donors (Lipinski definition) is 4. The Kier molecular flexibility index (Phi) is 12.8. The summed E-state index contributed by atoms with van der Waals surface area (Å²) in [4.78, 5) is 43.7. The van der Waals surface area contributed by atoms with Gasteiger partial charge in [-0.2, -0.15) is 4.57 Å². The fourth-order valence-electron chi connectivity index (χ4n) is 9.80. The number of phenols is 3. The molecule has 344 valence electrons. The van der Waals surface area contributed by atoms with E-state index < -0.39 is 70.7 Å². The summed E-state index contributed by atoms with van der Waals surface area (Å²) in [7, 11) is 1.52. The maximum Gasteiger partial charge on any atom is 0.312 e. The van der Waals surface area contributed by atoms with Crippen LogP contribution in [0.25, 0.3) is 16.5 Å². The molecule has 9 atom stereocenters. The molecule has 5 aliphatic heterocycles. The number of benzene rings is 2. The number of Topliss-reactive ketones (excluding diaryl/α,β-unsaturated/α-hetero) is 1. The number of methoxy groups -OCH3 is 1. The van der Waals surface area contributed by atoms with Crippen molar-refractivity contribution in [3.63, 3.8) is 0 Å². The van der Waals surface area contributed by atoms with E-state index in [-0.39, 0.29) is 68.5 Å². The number of esters is 1. The normalized spacial score (nSPS) is 31.5. The van der Waals surface area contributed by atoms with Crippen molar-refractivity contribution in [1.82, 2.24) is 0 Å². The SMILES string of the molecule is COC1/C=C/OC2(C)Oc3c(C)c(O)c4c(O)c(c(-[n+]5ccc(N6CCCC6)cc5)c(O)c4c3C2=O)NC(=O)/C(C)=C\C=C\C(C)C2OC(C)(C)OC(C2C)C(C)C(OC(C)=O)C1C. The monoisotopic (exact) mass is 884 g/mol. The van der Waals surface area contributed by atoms with E-state index in [9.17, 15) is 29.7 Å². The summed E-state index contributed by atoms with van der Waals surface area (Å²) < 4.78 is 39.0. The van der Waals surface area contributed by atoms with Gasteiger partial charge in [0.15, 0.2) is 35.4 Å². The molecule has 7 bridgehead atoms. The first-order chi connectivity index (χ1) is 30.2. The van der Waals surface area contributed by atoms with Crippen LogP contribution >= 0.6 is 0 Å². The summed E-state index contributed by atoms with van der Waals surface area (Å²) in [5.74, 6) is -7.63. The zero-order valence-corrected chi connectivity index (χ0v) is 38.6. The minimum atomic E-state index is -2.01. The van der Waals surface area contributed by atoms with Gasteiger partial charge in [-0.25, -0.2) is 0 Å². The molecule has 0 radical (unpaired) electrons. The molecule has 8 rings (SSSR count). The van der Waals surface area contributed by atoms with Crippen molar-refractivity contribution in [2.24, 2.45) is 23.7 Å². The topological polar surface area (TPSA) is 186 Å². The zero-order valence-electron chi connectivity index (χ0n) is 38.6. The number of anilines is 2. The van der Waals surface area contributed by atoms with Crippen LogP contribution in [0.5, 0.6) is 23.0 Å². The molecule has 2 fully saturated rings. The maximum absolute atomic E-state index is 14.7. The highest BCUT2D eigenvalue weighted by Crippen LogP contribution is 2.55. The first-order valence-corrected chi connectivity index (χ1v) is 22.0. The van der Waals surface area contributed by atoms with E-state index in [1.807, 2.05) is 59.8 Å². The average Bonchev–Trinajstić information content (AvgIpc) is 3.88. The van der Waals surface area contributed by atoms with Gasteiger partial charge in [0.1, 0.15) is 17.6 Å². The Balaban J connectivity index is 1.41. The Bertz CT molecular complexity index is 2420. The molecule has 9 unspecified atom stereocenters. The number of ketones is 1. The summed E-state index contributed by atoms with van der Waals surface area (Å²) in [6, 6.07) is 3.73. The first-order valence-electron chi connectivity index (χ1n) is 22.0. The number of aromatic hydroxyl groups is 3. The van der Waals surface area contributed by atoms with E-state index in [0.717, 1.165) is 31.6 Å². The van der Waals surface area contributed by atoms with Crippen LogP contribution in [0.15, 0.2) is 60.7 Å². The predicted octanol–water partition coefficient (Wildman–Crippen LogP) is 7.43. The number of ether oxygens (including phenoxy) is 6. The minimum absolute atomic E-state index is 0.0540. The van der Waals surface area contributed by atoms with Crippen LogP contribution in [-0.4, -0.2) is 89.2 Å². The summed E-state index contributed by atoms with van der Waals surface area (Å²) in [6.45, 7) is 19.3. The molecule has 64 heavy (non-hydrogen) atoms. The fraction of sp³-hybridized carbons (Fsp3) is 0.510. The third-order valence-electron chi connectivity index (χ3n) is 13.3. The lowest BCUT2D eigenvalue weighted by Crippen LogP contribution is -2.56. The fourth-order valence-corrected chi connectivity index (χ4v) is 9.80. The lowest BCUT2D eigenvalue weighted by atomic mass is 9.77. The van der Waals surface area contributed by atoms with Gasteiger partial charge in [-0.05, 0) is 46.6 Å². The number of fused-ring (bicyclic) bond motifs is 10. The lowest BCUT2D eigenvalue weighted by Gasteiger charge is -2.50. The van der Waals surface area contributed by atoms with Gasteiger partial charge in [0.05, 0.1) is 40.9 Å². The number of allylic oxidation sites excluding steroid dienone is 2. The number of aromatic nitrogens is 1. The van der Waals surface area contributed by atoms with E-state index in [2.05, 4.69) is 10.2 Å². The predicted molar refractivity (Wildman–Crippen MR) is 239 cm³/mol. The highest BCUT2D eigenvalue weighted by Gasteiger charge is 2.51. The Morgan fingerprint density at radius 2 is 1.55 bits per heavy atom. The molecule has 0 saturated carbocycles. The minimum Gasteiger partial charge on any atom is -0.507 e. The second kappa shape index (κ2) is 17.7. The van der Waals surface area contributed by atoms with E-state index in [1.165, 1.54) is 38.7 Å². The van der Waals surface area contributed by atoms with Crippen LogP contribution in [0.3, 0.4) is 0 Å². The molecule has 1 amide bonds. The molecule has 2 aromatic carbocycles. The van der Waals surface area contributed by atoms with Crippen LogP contribution in [-0.2, 0) is 33.3 Å². The van der Waals surface area contributed by atoms with Crippen LogP contribution in [0.4, 0.5) is 11.4 Å². The van der Waals surface area contributed by atoms with E-state index >= 15 is 0 Å². The molecule has 15 nitrogen and oxygen atoms in total. The molecule has 4 N–H and O–H groups in total. The quantitative estimate of drug-likeness (QED) is 0.0878. The number of nitrogens with one attached hydrogen (secondary N) is 1. The van der Waals surface area contributed by atoms with Crippen LogP contribution in [0.1, 0.15) is 91.1 Å². The molecule has 15 heteroatoms. The van der Waals surface area contributed by atoms with Crippen molar-refractivity contribution < 1.29 is 62.7 Å². The smallest absolute Gasteiger partial charge is 0.312 e. The first kappa shape index (κ1) is 46.4. The number of rotatable bonds is 4. The summed E-state index contributed by atoms with van der Waals surface area (Å²) in [5, 5.41) is 38.7. The number of nitrogens with zero attached hydrogens (tertiary/aromatic N) is 2. The van der Waals surface area contributed by atoms with Crippen molar-refractivity contribution in [1.29, 1.82) is 0 Å². The van der Waals surface area contributed by atoms with Crippen molar-refractivity contribution in [2.75, 3.05) is 30.4 Å². The molecule has 6 heterocycles. The highest BCUT2D eigenvalue weighted by molar-refractivity contribution is 6.22. The second-order valence-corrected chi connectivity index (χ2v) is 18.3. The largest absolute Gasteiger partial charge is 0.507 e. The van der Waals surface area contributed by atoms with E-state index in [1.54, 1.807) is 37.5 Å². The standard InChI is InChI=1S/C49H61N3O12/c1-25-15-14-16-26(2)47(58)50-37-38(52-22-17-32(18-23-52)51-20-12-13-21-51)41(56)34-35(40(37)55)39(54)28(4)45-36(34)46(57)49(10,64-45)60-24-19-33(59-11)27(3)43(61-31(7)53)30(6)44-29(5)42(25)62-48(8,9)63-44/h14-19,22-25,27,29-30,33,42-44H,12-13,20-21H2,1-11H3,(H3-,50,54,55,56,57,58)/p+1/b15-14+,24-19+,26-16-. The van der Waals surface area contributed by atoms with Crippen LogP contribution in [0.2, 0.25) is 0 Å². The summed E-state index contributed by atoms with van der Waals surface area (Å²) in [6.07, 6.45) is 11.6. The van der Waals surface area contributed by atoms with Crippen LogP contribution < -0.4 is 19.5 Å². The van der Waals surface area contributed by atoms with Gasteiger partial charge >= 0.3 is 11.8 Å². The van der Waals surface area contributed by atoms with Crippen molar-refractivity contribution in [2.45, 2.75) is 118 Å². The molecule has 3 aromatic rings. The Labute approximate surface area is 374 Å². The molecule has 5 aliphatic rings. The molecule has 1 aromatic heterocycles. The number of carbonyl (C=O) groups is 3. The van der Waals surface area contributed by atoms with Gasteiger partial charge in [-0.3, -0.25) is 14.4 Å². The van der Waals surface area contributed by atoms with Crippen molar-refractivity contribution in [3.05, 3.63) is 71.8 Å². The number of carbonyl (C=O) groups excluding carboxylic acids is 3. The third-order valence-corrected chi connectivity index (χ3v) is 13.3. The van der Waals surface area contributed by atoms with Gasteiger partial charge in [0, 0.05) is 86.7 Å². The molecular weight excluding hydrogens is 823 g/mol. The van der Waals surface area contributed by atoms with E-state index in [4.69, 9.17) is 28.4 Å². The van der Waals surface area contributed by atoms with Gasteiger partial charge < -0.3 is 54.0 Å². The van der Waals surface area contributed by atoms with Gasteiger partial charge in [-0.1, -0.05) is 45.9 Å². The van der Waals surface area contributed by atoms with Crippen LogP contribution in [0, 0.1) is 30.6 Å². The molecule has 2 saturated heterocycles. The Morgan fingerprint density at radius 3 is 2.19 bits per heavy atom. The Hall–Kier alpha value is -5.64. The molecular formula is C49H62N3O12+. The number of hydrogen-bond acceptors (Lipinski definition) is 13. The number of phenolic OH excluding ortho intramolecular Hbond substituents is 3. The molecule has 0 spiro atoms. The van der Waals surface area contributed by atoms with Gasteiger partial charge in [-0.15, -0.1) is 0 Å². The van der Waals surface area contributed by atoms with Crippen molar-refractivity contribution in [3.8, 4) is 28.7 Å². The Morgan fingerprint density at radius 1 is 0.891 bits per heavy atom. The highest BCUT2D eigenvalue weighted by atomic mass is 16.7. The van der Waals surface area contributed by atoms with Gasteiger partial charge in [0.25, 0.3) is 17.4 Å². The third kappa shape index (κ3) is 8.40. The van der Waals surface area contributed by atoms with E-state index in [0.29, 0.717) is 0 Å². The summed E-state index contributed by atoms with van der Waals surface area (Å²) >= 11 is 0. The average molecular weight is 885 g/mol. The maximum atomic E-state index is 14.7.